The van der Waals surface area contributed by atoms with Gasteiger partial charge in [0.05, 0.1) is 6.61 Å². The van der Waals surface area contributed by atoms with Gasteiger partial charge in [-0.05, 0) is 26.2 Å². The average Bonchev–Trinajstić information content (AvgIpc) is 2.32. The first-order valence-corrected chi connectivity index (χ1v) is 4.89. The monoisotopic (exact) mass is 171 g/mol. The Morgan fingerprint density at radius 3 is 2.67 bits per heavy atom. The van der Waals surface area contributed by atoms with Gasteiger partial charge in [-0.3, -0.25) is 4.90 Å². The maximum absolute atomic E-state index is 5.21. The van der Waals surface area contributed by atoms with Crippen molar-refractivity contribution in [2.45, 2.75) is 39.3 Å². The number of nitrogens with zero attached hydrogens (tertiary/aromatic N) is 1. The van der Waals surface area contributed by atoms with Gasteiger partial charge in [0, 0.05) is 25.7 Å². The molecule has 1 heterocycles. The minimum absolute atomic E-state index is 0.657. The quantitative estimate of drug-likeness (QED) is 0.641. The molecule has 0 N–H and O–H groups in total. The summed E-state index contributed by atoms with van der Waals surface area (Å²) in [5, 5.41) is 0. The Morgan fingerprint density at radius 1 is 1.50 bits per heavy atom. The molecule has 0 spiro atoms. The number of rotatable bonds is 3. The molecule has 2 nitrogen and oxygen atoms in total. The smallest absolute Gasteiger partial charge is 0.0618 e. The van der Waals surface area contributed by atoms with Gasteiger partial charge in [-0.2, -0.15) is 0 Å². The van der Waals surface area contributed by atoms with Crippen LogP contribution in [0.1, 0.15) is 27.2 Å². The summed E-state index contributed by atoms with van der Waals surface area (Å²) in [4.78, 5) is 2.55. The molecule has 0 radical (unpaired) electrons. The van der Waals surface area contributed by atoms with Crippen molar-refractivity contribution in [3.8, 4) is 0 Å². The molecule has 72 valence electrons. The molecule has 12 heavy (non-hydrogen) atoms. The van der Waals surface area contributed by atoms with Gasteiger partial charge in [0.1, 0.15) is 0 Å². The van der Waals surface area contributed by atoms with Gasteiger partial charge in [0.15, 0.2) is 0 Å². The summed E-state index contributed by atoms with van der Waals surface area (Å²) in [7, 11) is 1.79. The van der Waals surface area contributed by atoms with E-state index in [-0.39, 0.29) is 0 Å². The minimum Gasteiger partial charge on any atom is -0.383 e. The molecule has 1 fully saturated rings. The molecular weight excluding hydrogens is 150 g/mol. The van der Waals surface area contributed by atoms with Crippen LogP contribution in [0.15, 0.2) is 0 Å². The van der Waals surface area contributed by atoms with Crippen LogP contribution in [-0.2, 0) is 4.74 Å². The molecule has 0 amide bonds. The molecule has 0 aromatic heterocycles. The second kappa shape index (κ2) is 4.24. The molecule has 0 aromatic carbocycles. The molecule has 1 rings (SSSR count). The third-order valence-corrected chi connectivity index (χ3v) is 2.69. The predicted octanol–water partition coefficient (Wildman–Crippen LogP) is 1.75. The van der Waals surface area contributed by atoms with E-state index in [9.17, 15) is 0 Å². The number of ether oxygens (including phenoxy) is 1. The molecule has 1 saturated heterocycles. The second-order valence-corrected chi connectivity index (χ2v) is 4.24. The summed E-state index contributed by atoms with van der Waals surface area (Å²) in [6, 6.07) is 1.32. The predicted molar refractivity (Wildman–Crippen MR) is 51.3 cm³/mol. The molecule has 0 aromatic rings. The fourth-order valence-electron chi connectivity index (χ4n) is 2.17. The van der Waals surface area contributed by atoms with Crippen LogP contribution >= 0.6 is 0 Å². The van der Waals surface area contributed by atoms with Crippen molar-refractivity contribution >= 4 is 0 Å². The van der Waals surface area contributed by atoms with Crippen molar-refractivity contribution in [3.05, 3.63) is 0 Å². The van der Waals surface area contributed by atoms with E-state index in [4.69, 9.17) is 4.74 Å². The lowest BCUT2D eigenvalue weighted by atomic mass is 10.1. The van der Waals surface area contributed by atoms with Gasteiger partial charge >= 0.3 is 0 Å². The highest BCUT2D eigenvalue weighted by molar-refractivity contribution is 4.84. The number of likely N-dealkylation sites (tertiary alicyclic amines) is 1. The Balaban J connectivity index is 2.47. The second-order valence-electron chi connectivity index (χ2n) is 4.24. The van der Waals surface area contributed by atoms with E-state index in [1.807, 2.05) is 0 Å². The lowest BCUT2D eigenvalue weighted by molar-refractivity contribution is 0.0982. The molecule has 0 bridgehead atoms. The van der Waals surface area contributed by atoms with Crippen molar-refractivity contribution in [2.75, 3.05) is 20.3 Å². The van der Waals surface area contributed by atoms with Crippen molar-refractivity contribution in [1.82, 2.24) is 4.90 Å². The highest BCUT2D eigenvalue weighted by Crippen LogP contribution is 2.24. The van der Waals surface area contributed by atoms with Crippen LogP contribution in [0.3, 0.4) is 0 Å². The van der Waals surface area contributed by atoms with Gasteiger partial charge < -0.3 is 4.74 Å². The van der Waals surface area contributed by atoms with E-state index < -0.39 is 0 Å². The summed E-state index contributed by atoms with van der Waals surface area (Å²) in [5.74, 6) is 0.840. The molecule has 1 aliphatic rings. The van der Waals surface area contributed by atoms with Crippen molar-refractivity contribution < 1.29 is 4.74 Å². The van der Waals surface area contributed by atoms with Crippen molar-refractivity contribution in [3.63, 3.8) is 0 Å². The number of hydrogen-bond acceptors (Lipinski definition) is 2. The molecular formula is C10H21NO. The Hall–Kier alpha value is -0.0800. The first-order valence-electron chi connectivity index (χ1n) is 4.89. The molecule has 2 heteroatoms. The highest BCUT2D eigenvalue weighted by atomic mass is 16.5. The average molecular weight is 171 g/mol. The van der Waals surface area contributed by atoms with Crippen LogP contribution < -0.4 is 0 Å². The maximum atomic E-state index is 5.21. The zero-order valence-electron chi connectivity index (χ0n) is 8.71. The zero-order valence-corrected chi connectivity index (χ0v) is 8.71. The van der Waals surface area contributed by atoms with E-state index in [1.54, 1.807) is 7.11 Å². The number of methoxy groups -OCH3 is 1. The first kappa shape index (κ1) is 10.0. The van der Waals surface area contributed by atoms with Crippen LogP contribution in [-0.4, -0.2) is 37.2 Å². The molecule has 2 unspecified atom stereocenters. The molecule has 0 saturated carbocycles. The molecule has 1 aliphatic heterocycles. The Kier molecular flexibility index (Phi) is 3.53. The fourth-order valence-corrected chi connectivity index (χ4v) is 2.17. The van der Waals surface area contributed by atoms with E-state index in [1.165, 1.54) is 13.0 Å². The van der Waals surface area contributed by atoms with E-state index in [0.717, 1.165) is 12.5 Å². The maximum Gasteiger partial charge on any atom is 0.0618 e. The van der Waals surface area contributed by atoms with Gasteiger partial charge in [0.2, 0.25) is 0 Å². The summed E-state index contributed by atoms with van der Waals surface area (Å²) in [6.07, 6.45) is 1.30. The Labute approximate surface area is 75.9 Å². The topological polar surface area (TPSA) is 12.5 Å². The third kappa shape index (κ3) is 2.20. The standard InChI is InChI=1S/C10H21NO/c1-8(2)11-6-9(3)5-10(11)7-12-4/h8-10H,5-7H2,1-4H3. The minimum atomic E-state index is 0.657. The Bertz CT molecular complexity index is 136. The van der Waals surface area contributed by atoms with Crippen molar-refractivity contribution in [1.29, 1.82) is 0 Å². The van der Waals surface area contributed by atoms with Gasteiger partial charge in [-0.1, -0.05) is 6.92 Å². The lowest BCUT2D eigenvalue weighted by Gasteiger charge is -2.27. The highest BCUT2D eigenvalue weighted by Gasteiger charge is 2.30. The van der Waals surface area contributed by atoms with E-state index >= 15 is 0 Å². The van der Waals surface area contributed by atoms with Crippen LogP contribution in [0.25, 0.3) is 0 Å². The van der Waals surface area contributed by atoms with Gasteiger partial charge in [0.25, 0.3) is 0 Å². The summed E-state index contributed by atoms with van der Waals surface area (Å²) in [6.45, 7) is 8.99. The summed E-state index contributed by atoms with van der Waals surface area (Å²) >= 11 is 0. The van der Waals surface area contributed by atoms with Gasteiger partial charge in [-0.15, -0.1) is 0 Å². The van der Waals surface area contributed by atoms with E-state index in [2.05, 4.69) is 25.7 Å². The normalized spacial score (nSPS) is 31.8. The fraction of sp³-hybridized carbons (Fsp3) is 1.00. The van der Waals surface area contributed by atoms with Crippen molar-refractivity contribution in [2.24, 2.45) is 5.92 Å². The Morgan fingerprint density at radius 2 is 2.17 bits per heavy atom. The molecule has 0 aliphatic carbocycles. The largest absolute Gasteiger partial charge is 0.383 e. The molecule has 2 atom stereocenters. The first-order chi connectivity index (χ1) is 5.65. The lowest BCUT2D eigenvalue weighted by Crippen LogP contribution is -2.38. The van der Waals surface area contributed by atoms with Crippen LogP contribution in [0, 0.1) is 5.92 Å². The number of hydrogen-bond donors (Lipinski definition) is 0. The summed E-state index contributed by atoms with van der Waals surface area (Å²) < 4.78 is 5.21. The SMILES string of the molecule is COCC1CC(C)CN1C(C)C. The van der Waals surface area contributed by atoms with Crippen LogP contribution in [0.2, 0.25) is 0 Å². The summed E-state index contributed by atoms with van der Waals surface area (Å²) in [5.41, 5.74) is 0. The van der Waals surface area contributed by atoms with Crippen LogP contribution in [0.5, 0.6) is 0 Å². The van der Waals surface area contributed by atoms with E-state index in [0.29, 0.717) is 12.1 Å². The van der Waals surface area contributed by atoms with Gasteiger partial charge in [-0.25, -0.2) is 0 Å². The third-order valence-electron chi connectivity index (χ3n) is 2.69. The van der Waals surface area contributed by atoms with Crippen LogP contribution in [0.4, 0.5) is 0 Å². The zero-order chi connectivity index (χ0) is 9.14.